The van der Waals surface area contributed by atoms with Gasteiger partial charge in [0.25, 0.3) is 0 Å². The van der Waals surface area contributed by atoms with Crippen LogP contribution in [0.5, 0.6) is 0 Å². The molecule has 3 heteroatoms. The van der Waals surface area contributed by atoms with E-state index >= 15 is 0 Å². The lowest BCUT2D eigenvalue weighted by atomic mass is 10.0. The molecule has 0 spiro atoms. The smallest absolute Gasteiger partial charge is 0.0485 e. The van der Waals surface area contributed by atoms with E-state index < -0.39 is 0 Å². The highest BCUT2D eigenvalue weighted by molar-refractivity contribution is 5.86. The van der Waals surface area contributed by atoms with Crippen molar-refractivity contribution in [2.45, 2.75) is 38.8 Å². The van der Waals surface area contributed by atoms with E-state index in [2.05, 4.69) is 64.5 Å². The first-order chi connectivity index (χ1) is 11.4. The molecule has 0 amide bonds. The third-order valence-corrected chi connectivity index (χ3v) is 4.96. The topological polar surface area (TPSA) is 17.0 Å². The summed E-state index contributed by atoms with van der Waals surface area (Å²) in [7, 11) is 0. The molecular formula is C21H25ClN2. The quantitative estimate of drug-likeness (QED) is 0.664. The van der Waals surface area contributed by atoms with Gasteiger partial charge >= 0.3 is 0 Å². The van der Waals surface area contributed by atoms with E-state index in [0.29, 0.717) is 0 Å². The molecule has 1 aliphatic rings. The van der Waals surface area contributed by atoms with Crippen LogP contribution in [-0.2, 0) is 25.9 Å². The highest BCUT2D eigenvalue weighted by Gasteiger charge is 2.18. The van der Waals surface area contributed by atoms with Crippen molar-refractivity contribution >= 4 is 23.3 Å². The largest absolute Gasteiger partial charge is 0.344 e. The van der Waals surface area contributed by atoms with Crippen LogP contribution in [0.4, 0.5) is 0 Å². The van der Waals surface area contributed by atoms with E-state index in [0.717, 1.165) is 19.5 Å². The van der Waals surface area contributed by atoms with Crippen LogP contribution in [0.2, 0.25) is 0 Å². The average Bonchev–Trinajstić information content (AvgIpc) is 2.94. The molecule has 1 N–H and O–H groups in total. The Hall–Kier alpha value is -1.77. The van der Waals surface area contributed by atoms with Crippen molar-refractivity contribution in [3.05, 3.63) is 71.4 Å². The molecule has 2 aromatic carbocycles. The van der Waals surface area contributed by atoms with Crippen LogP contribution in [0.15, 0.2) is 54.6 Å². The molecule has 0 bridgehead atoms. The van der Waals surface area contributed by atoms with Crippen LogP contribution in [0.3, 0.4) is 0 Å². The van der Waals surface area contributed by atoms with Gasteiger partial charge in [-0.25, -0.2) is 0 Å². The number of nitrogens with one attached hydrogen (secondary N) is 1. The molecular weight excluding hydrogens is 316 g/mol. The first-order valence-corrected chi connectivity index (χ1v) is 8.77. The zero-order valence-electron chi connectivity index (χ0n) is 14.0. The number of aryl methyl sites for hydroxylation is 1. The number of hydrogen-bond acceptors (Lipinski definition) is 1. The van der Waals surface area contributed by atoms with Gasteiger partial charge in [0.15, 0.2) is 0 Å². The first-order valence-electron chi connectivity index (χ1n) is 8.77. The van der Waals surface area contributed by atoms with Gasteiger partial charge in [-0.15, -0.1) is 12.4 Å². The molecule has 2 heterocycles. The zero-order valence-corrected chi connectivity index (χ0v) is 14.8. The van der Waals surface area contributed by atoms with Crippen molar-refractivity contribution in [1.29, 1.82) is 0 Å². The second-order valence-corrected chi connectivity index (χ2v) is 6.46. The number of fused-ring (bicyclic) bond motifs is 3. The summed E-state index contributed by atoms with van der Waals surface area (Å²) >= 11 is 0. The van der Waals surface area contributed by atoms with Gasteiger partial charge in [0.1, 0.15) is 0 Å². The van der Waals surface area contributed by atoms with Crippen LogP contribution in [0.1, 0.15) is 29.7 Å². The predicted molar refractivity (Wildman–Crippen MR) is 104 cm³/mol. The SMILES string of the molecule is Cl.c1ccc(CNCCc2c3n(c4ccccc24)CCCC3)cc1. The summed E-state index contributed by atoms with van der Waals surface area (Å²) in [6.45, 7) is 3.18. The number of hydrogen-bond donors (Lipinski definition) is 1. The average molecular weight is 341 g/mol. The Morgan fingerprint density at radius 1 is 0.917 bits per heavy atom. The molecule has 0 saturated heterocycles. The zero-order chi connectivity index (χ0) is 15.5. The second kappa shape index (κ2) is 7.87. The Bertz CT molecular complexity index is 792. The monoisotopic (exact) mass is 340 g/mol. The Morgan fingerprint density at radius 3 is 2.58 bits per heavy atom. The highest BCUT2D eigenvalue weighted by atomic mass is 35.5. The molecule has 24 heavy (non-hydrogen) atoms. The standard InChI is InChI=1S/C21H24N2.ClH/c1-2-8-17(9-3-1)16-22-14-13-19-18-10-4-5-11-20(18)23-15-7-6-12-21(19)23;/h1-5,8-11,22H,6-7,12-16H2;1H. The minimum Gasteiger partial charge on any atom is -0.344 e. The molecule has 1 aromatic heterocycles. The van der Waals surface area contributed by atoms with Crippen molar-refractivity contribution < 1.29 is 0 Å². The number of aromatic nitrogens is 1. The summed E-state index contributed by atoms with van der Waals surface area (Å²) in [5, 5.41) is 5.07. The van der Waals surface area contributed by atoms with E-state index in [1.807, 2.05) is 0 Å². The van der Waals surface area contributed by atoms with Gasteiger partial charge in [-0.05, 0) is 49.4 Å². The minimum absolute atomic E-state index is 0. The van der Waals surface area contributed by atoms with Crippen molar-refractivity contribution in [2.24, 2.45) is 0 Å². The summed E-state index contributed by atoms with van der Waals surface area (Å²) in [6, 6.07) is 19.6. The van der Waals surface area contributed by atoms with Crippen LogP contribution in [0.25, 0.3) is 10.9 Å². The van der Waals surface area contributed by atoms with E-state index in [4.69, 9.17) is 0 Å². The lowest BCUT2D eigenvalue weighted by Crippen LogP contribution is -2.18. The lowest BCUT2D eigenvalue weighted by molar-refractivity contribution is 0.539. The molecule has 0 saturated carbocycles. The van der Waals surface area contributed by atoms with Gasteiger partial charge in [-0.3, -0.25) is 0 Å². The minimum atomic E-state index is 0. The Balaban J connectivity index is 0.00000169. The van der Waals surface area contributed by atoms with Gasteiger partial charge in [-0.2, -0.15) is 0 Å². The van der Waals surface area contributed by atoms with Crippen molar-refractivity contribution in [1.82, 2.24) is 9.88 Å². The van der Waals surface area contributed by atoms with Crippen LogP contribution in [0, 0.1) is 0 Å². The summed E-state index contributed by atoms with van der Waals surface area (Å²) in [6.07, 6.45) is 5.01. The Morgan fingerprint density at radius 2 is 1.71 bits per heavy atom. The number of rotatable bonds is 5. The number of nitrogens with zero attached hydrogens (tertiary/aromatic N) is 1. The van der Waals surface area contributed by atoms with Crippen molar-refractivity contribution in [2.75, 3.05) is 6.54 Å². The van der Waals surface area contributed by atoms with Gasteiger partial charge in [0, 0.05) is 29.7 Å². The van der Waals surface area contributed by atoms with Crippen LogP contribution < -0.4 is 5.32 Å². The molecule has 0 atom stereocenters. The molecule has 0 aliphatic carbocycles. The third-order valence-electron chi connectivity index (χ3n) is 4.96. The first kappa shape index (κ1) is 17.1. The molecule has 1 aliphatic heterocycles. The van der Waals surface area contributed by atoms with Gasteiger partial charge < -0.3 is 9.88 Å². The molecule has 4 rings (SSSR count). The maximum Gasteiger partial charge on any atom is 0.0485 e. The molecule has 0 unspecified atom stereocenters. The predicted octanol–water partition coefficient (Wildman–Crippen LogP) is 4.73. The normalized spacial score (nSPS) is 13.5. The fourth-order valence-corrected chi connectivity index (χ4v) is 3.85. The molecule has 126 valence electrons. The summed E-state index contributed by atoms with van der Waals surface area (Å²) in [5.74, 6) is 0. The summed E-state index contributed by atoms with van der Waals surface area (Å²) in [4.78, 5) is 0. The summed E-state index contributed by atoms with van der Waals surface area (Å²) < 4.78 is 2.56. The van der Waals surface area contributed by atoms with E-state index in [9.17, 15) is 0 Å². The van der Waals surface area contributed by atoms with Gasteiger partial charge in [0.05, 0.1) is 0 Å². The fraction of sp³-hybridized carbons (Fsp3) is 0.333. The fourth-order valence-electron chi connectivity index (χ4n) is 3.85. The molecule has 0 fully saturated rings. The Labute approximate surface area is 150 Å². The number of benzene rings is 2. The molecule has 3 aromatic rings. The van der Waals surface area contributed by atoms with Crippen LogP contribution >= 0.6 is 12.4 Å². The Kier molecular flexibility index (Phi) is 5.60. The third kappa shape index (κ3) is 3.35. The highest BCUT2D eigenvalue weighted by Crippen LogP contribution is 2.30. The number of halogens is 1. The number of para-hydroxylation sites is 1. The van der Waals surface area contributed by atoms with Gasteiger partial charge in [-0.1, -0.05) is 48.5 Å². The van der Waals surface area contributed by atoms with E-state index in [-0.39, 0.29) is 12.4 Å². The molecule has 0 radical (unpaired) electrons. The second-order valence-electron chi connectivity index (χ2n) is 6.46. The lowest BCUT2D eigenvalue weighted by Gasteiger charge is -2.17. The maximum atomic E-state index is 3.60. The summed E-state index contributed by atoms with van der Waals surface area (Å²) in [5.41, 5.74) is 5.94. The van der Waals surface area contributed by atoms with Crippen molar-refractivity contribution in [3.63, 3.8) is 0 Å². The van der Waals surface area contributed by atoms with E-state index in [1.165, 1.54) is 42.3 Å². The van der Waals surface area contributed by atoms with E-state index in [1.54, 1.807) is 11.3 Å². The van der Waals surface area contributed by atoms with Gasteiger partial charge in [0.2, 0.25) is 0 Å². The van der Waals surface area contributed by atoms with Crippen molar-refractivity contribution in [3.8, 4) is 0 Å². The van der Waals surface area contributed by atoms with Crippen LogP contribution in [-0.4, -0.2) is 11.1 Å². The maximum absolute atomic E-state index is 3.60. The molecule has 2 nitrogen and oxygen atoms in total.